The van der Waals surface area contributed by atoms with Crippen molar-refractivity contribution >= 4 is 5.97 Å². The molecule has 1 atom stereocenters. The van der Waals surface area contributed by atoms with Crippen LogP contribution in [-0.4, -0.2) is 17.6 Å². The first kappa shape index (κ1) is 12.0. The SMILES string of the molecule is NC[C@@H](c1cccc(F)c1)C1(C(=O)O)CCC1. The third-order valence-corrected chi connectivity index (χ3v) is 3.83. The highest BCUT2D eigenvalue weighted by molar-refractivity contribution is 5.77. The summed E-state index contributed by atoms with van der Waals surface area (Å²) in [7, 11) is 0. The molecule has 1 saturated carbocycles. The zero-order valence-corrected chi connectivity index (χ0v) is 9.53. The Morgan fingerprint density at radius 2 is 2.24 bits per heavy atom. The normalized spacial score (nSPS) is 19.4. The van der Waals surface area contributed by atoms with E-state index in [2.05, 4.69) is 0 Å². The van der Waals surface area contributed by atoms with Gasteiger partial charge in [0.15, 0.2) is 0 Å². The van der Waals surface area contributed by atoms with Gasteiger partial charge in [-0.1, -0.05) is 18.6 Å². The van der Waals surface area contributed by atoms with Crippen molar-refractivity contribution in [2.24, 2.45) is 11.1 Å². The average molecular weight is 237 g/mol. The molecule has 0 spiro atoms. The van der Waals surface area contributed by atoms with E-state index in [1.165, 1.54) is 12.1 Å². The van der Waals surface area contributed by atoms with Gasteiger partial charge in [0.2, 0.25) is 0 Å². The summed E-state index contributed by atoms with van der Waals surface area (Å²) in [5.74, 6) is -1.46. The maximum atomic E-state index is 13.2. The van der Waals surface area contributed by atoms with E-state index in [0.29, 0.717) is 18.4 Å². The minimum absolute atomic E-state index is 0.232. The van der Waals surface area contributed by atoms with Crippen LogP contribution in [0.4, 0.5) is 4.39 Å². The van der Waals surface area contributed by atoms with Crippen LogP contribution < -0.4 is 5.73 Å². The number of carbonyl (C=O) groups is 1. The number of carboxylic acid groups (broad SMARTS) is 1. The van der Waals surface area contributed by atoms with E-state index in [0.717, 1.165) is 6.42 Å². The third kappa shape index (κ3) is 1.93. The van der Waals surface area contributed by atoms with Crippen LogP contribution in [0.1, 0.15) is 30.7 Å². The fourth-order valence-corrected chi connectivity index (χ4v) is 2.67. The molecule has 92 valence electrons. The van der Waals surface area contributed by atoms with Gasteiger partial charge in [-0.25, -0.2) is 4.39 Å². The van der Waals surface area contributed by atoms with Gasteiger partial charge in [0, 0.05) is 12.5 Å². The molecule has 4 heteroatoms. The van der Waals surface area contributed by atoms with Crippen LogP contribution in [0.2, 0.25) is 0 Å². The molecule has 1 fully saturated rings. The standard InChI is InChI=1S/C13H16FNO2/c14-10-4-1-3-9(7-10)11(8-15)13(12(16)17)5-2-6-13/h1,3-4,7,11H,2,5-6,8,15H2,(H,16,17)/t11-/m0/s1. The molecule has 1 aliphatic rings. The van der Waals surface area contributed by atoms with Crippen LogP contribution in [0, 0.1) is 11.2 Å². The number of nitrogens with two attached hydrogens (primary N) is 1. The maximum absolute atomic E-state index is 13.2. The number of rotatable bonds is 4. The molecule has 17 heavy (non-hydrogen) atoms. The summed E-state index contributed by atoms with van der Waals surface area (Å²) in [6.07, 6.45) is 2.15. The summed E-state index contributed by atoms with van der Waals surface area (Å²) in [5, 5.41) is 9.37. The number of hydrogen-bond acceptors (Lipinski definition) is 2. The lowest BCUT2D eigenvalue weighted by Gasteiger charge is -2.44. The van der Waals surface area contributed by atoms with Gasteiger partial charge in [-0.3, -0.25) is 4.79 Å². The Hall–Kier alpha value is -1.42. The van der Waals surface area contributed by atoms with Crippen molar-refractivity contribution in [3.05, 3.63) is 35.6 Å². The summed E-state index contributed by atoms with van der Waals surface area (Å²) in [6, 6.07) is 6.09. The van der Waals surface area contributed by atoms with E-state index in [4.69, 9.17) is 5.73 Å². The minimum Gasteiger partial charge on any atom is -0.481 e. The van der Waals surface area contributed by atoms with Crippen LogP contribution in [0.3, 0.4) is 0 Å². The van der Waals surface area contributed by atoms with Crippen molar-refractivity contribution in [1.29, 1.82) is 0 Å². The summed E-state index contributed by atoms with van der Waals surface area (Å²) in [6.45, 7) is 0.232. The second kappa shape index (κ2) is 4.45. The van der Waals surface area contributed by atoms with Gasteiger partial charge in [0.25, 0.3) is 0 Å². The largest absolute Gasteiger partial charge is 0.481 e. The molecule has 0 amide bonds. The maximum Gasteiger partial charge on any atom is 0.310 e. The van der Waals surface area contributed by atoms with Gasteiger partial charge in [-0.2, -0.15) is 0 Å². The first-order valence-electron chi connectivity index (χ1n) is 5.79. The molecule has 0 saturated heterocycles. The van der Waals surface area contributed by atoms with Gasteiger partial charge in [0.1, 0.15) is 5.82 Å². The number of benzene rings is 1. The quantitative estimate of drug-likeness (QED) is 0.843. The number of aliphatic carboxylic acids is 1. The zero-order chi connectivity index (χ0) is 12.5. The zero-order valence-electron chi connectivity index (χ0n) is 9.53. The Balaban J connectivity index is 2.36. The number of hydrogen-bond donors (Lipinski definition) is 2. The topological polar surface area (TPSA) is 63.3 Å². The van der Waals surface area contributed by atoms with Crippen molar-refractivity contribution in [2.75, 3.05) is 6.54 Å². The van der Waals surface area contributed by atoms with E-state index in [1.54, 1.807) is 12.1 Å². The Kier molecular flexibility index (Phi) is 3.15. The molecule has 1 aromatic rings. The number of halogens is 1. The Morgan fingerprint density at radius 1 is 1.53 bits per heavy atom. The summed E-state index contributed by atoms with van der Waals surface area (Å²) in [5.41, 5.74) is 5.60. The molecule has 0 heterocycles. The Labute approximate surface area is 99.4 Å². The van der Waals surface area contributed by atoms with Crippen LogP contribution in [-0.2, 0) is 4.79 Å². The van der Waals surface area contributed by atoms with Gasteiger partial charge in [-0.05, 0) is 30.5 Å². The van der Waals surface area contributed by atoms with Crippen molar-refractivity contribution < 1.29 is 14.3 Å². The van der Waals surface area contributed by atoms with E-state index in [1.807, 2.05) is 0 Å². The van der Waals surface area contributed by atoms with E-state index < -0.39 is 11.4 Å². The van der Waals surface area contributed by atoms with Crippen LogP contribution in [0.25, 0.3) is 0 Å². The highest BCUT2D eigenvalue weighted by atomic mass is 19.1. The van der Waals surface area contributed by atoms with Gasteiger partial charge >= 0.3 is 5.97 Å². The second-order valence-electron chi connectivity index (χ2n) is 4.66. The van der Waals surface area contributed by atoms with Crippen LogP contribution >= 0.6 is 0 Å². The molecule has 1 aromatic carbocycles. The van der Waals surface area contributed by atoms with Gasteiger partial charge in [0.05, 0.1) is 5.41 Å². The predicted octanol–water partition coefficient (Wildman–Crippen LogP) is 2.12. The van der Waals surface area contributed by atoms with Gasteiger partial charge < -0.3 is 10.8 Å². The molecule has 0 aliphatic heterocycles. The van der Waals surface area contributed by atoms with Crippen LogP contribution in [0.5, 0.6) is 0 Å². The lowest BCUT2D eigenvalue weighted by atomic mass is 9.59. The summed E-state index contributed by atoms with van der Waals surface area (Å²) < 4.78 is 13.2. The first-order valence-corrected chi connectivity index (χ1v) is 5.79. The fourth-order valence-electron chi connectivity index (χ4n) is 2.67. The smallest absolute Gasteiger partial charge is 0.310 e. The van der Waals surface area contributed by atoms with Crippen molar-refractivity contribution in [3.8, 4) is 0 Å². The molecular formula is C13H16FNO2. The summed E-state index contributed by atoms with van der Waals surface area (Å²) >= 11 is 0. The number of carboxylic acids is 1. The molecule has 0 bridgehead atoms. The second-order valence-corrected chi connectivity index (χ2v) is 4.66. The molecule has 2 rings (SSSR count). The molecule has 0 aromatic heterocycles. The van der Waals surface area contributed by atoms with E-state index in [9.17, 15) is 14.3 Å². The highest BCUT2D eigenvalue weighted by Crippen LogP contribution is 2.51. The Morgan fingerprint density at radius 3 is 2.65 bits per heavy atom. The lowest BCUT2D eigenvalue weighted by molar-refractivity contribution is -0.156. The average Bonchev–Trinajstić information content (AvgIpc) is 2.22. The van der Waals surface area contributed by atoms with E-state index >= 15 is 0 Å². The molecule has 3 N–H and O–H groups in total. The lowest BCUT2D eigenvalue weighted by Crippen LogP contribution is -2.45. The predicted molar refractivity (Wildman–Crippen MR) is 62.1 cm³/mol. The van der Waals surface area contributed by atoms with Crippen molar-refractivity contribution in [1.82, 2.24) is 0 Å². The monoisotopic (exact) mass is 237 g/mol. The van der Waals surface area contributed by atoms with Crippen molar-refractivity contribution in [3.63, 3.8) is 0 Å². The molecule has 1 aliphatic carbocycles. The first-order chi connectivity index (χ1) is 8.10. The minimum atomic E-state index is -0.816. The fraction of sp³-hybridized carbons (Fsp3) is 0.462. The summed E-state index contributed by atoms with van der Waals surface area (Å²) in [4.78, 5) is 11.4. The Bertz CT molecular complexity index is 429. The highest BCUT2D eigenvalue weighted by Gasteiger charge is 2.50. The third-order valence-electron chi connectivity index (χ3n) is 3.83. The molecule has 0 unspecified atom stereocenters. The molecule has 3 nitrogen and oxygen atoms in total. The molecular weight excluding hydrogens is 221 g/mol. The van der Waals surface area contributed by atoms with Crippen LogP contribution in [0.15, 0.2) is 24.3 Å². The molecule has 0 radical (unpaired) electrons. The van der Waals surface area contributed by atoms with E-state index in [-0.39, 0.29) is 18.3 Å². The van der Waals surface area contributed by atoms with Crippen molar-refractivity contribution in [2.45, 2.75) is 25.2 Å². The van der Waals surface area contributed by atoms with Gasteiger partial charge in [-0.15, -0.1) is 0 Å².